The molecule has 0 saturated carbocycles. The largest absolute Gasteiger partial charge is 0.470 e. The van der Waals surface area contributed by atoms with Crippen molar-refractivity contribution >= 4 is 17.2 Å². The zero-order valence-electron chi connectivity index (χ0n) is 11.1. The molecule has 0 radical (unpaired) electrons. The predicted molar refractivity (Wildman–Crippen MR) is 76.0 cm³/mol. The first-order chi connectivity index (χ1) is 10.3. The van der Waals surface area contributed by atoms with Gasteiger partial charge in [-0.1, -0.05) is 6.07 Å². The number of nitriles is 1. The van der Waals surface area contributed by atoms with Crippen molar-refractivity contribution < 1.29 is 9.53 Å². The van der Waals surface area contributed by atoms with Gasteiger partial charge < -0.3 is 9.64 Å². The van der Waals surface area contributed by atoms with Crippen LogP contribution in [-0.4, -0.2) is 40.0 Å². The van der Waals surface area contributed by atoms with Gasteiger partial charge in [-0.2, -0.15) is 5.26 Å². The number of rotatable bonds is 3. The van der Waals surface area contributed by atoms with Crippen LogP contribution in [0.1, 0.15) is 21.8 Å². The third-order valence-corrected chi connectivity index (χ3v) is 4.07. The van der Waals surface area contributed by atoms with E-state index in [1.165, 1.54) is 23.7 Å². The van der Waals surface area contributed by atoms with Gasteiger partial charge in [0.1, 0.15) is 12.2 Å². The lowest BCUT2D eigenvalue weighted by Gasteiger charge is -2.16. The molecule has 1 aliphatic rings. The summed E-state index contributed by atoms with van der Waals surface area (Å²) >= 11 is 1.43. The summed E-state index contributed by atoms with van der Waals surface area (Å²) in [7, 11) is 0. The molecule has 0 spiro atoms. The van der Waals surface area contributed by atoms with Gasteiger partial charge >= 0.3 is 0 Å². The highest BCUT2D eigenvalue weighted by molar-refractivity contribution is 7.12. The van der Waals surface area contributed by atoms with Gasteiger partial charge in [-0.05, 0) is 11.4 Å². The van der Waals surface area contributed by atoms with E-state index in [0.29, 0.717) is 13.1 Å². The van der Waals surface area contributed by atoms with Gasteiger partial charge in [0, 0.05) is 25.4 Å². The lowest BCUT2D eigenvalue weighted by Crippen LogP contribution is -2.30. The van der Waals surface area contributed by atoms with E-state index < -0.39 is 0 Å². The van der Waals surface area contributed by atoms with Crippen LogP contribution in [0.15, 0.2) is 29.9 Å². The van der Waals surface area contributed by atoms with Gasteiger partial charge in [-0.3, -0.25) is 4.79 Å². The quantitative estimate of drug-likeness (QED) is 0.862. The molecule has 6 nitrogen and oxygen atoms in total. The van der Waals surface area contributed by atoms with Crippen molar-refractivity contribution in [2.45, 2.75) is 12.5 Å². The van der Waals surface area contributed by atoms with Crippen LogP contribution in [0, 0.1) is 11.3 Å². The van der Waals surface area contributed by atoms with Crippen molar-refractivity contribution in [3.8, 4) is 11.9 Å². The van der Waals surface area contributed by atoms with Crippen LogP contribution in [0.25, 0.3) is 0 Å². The molecular formula is C14H12N4O2S. The van der Waals surface area contributed by atoms with Gasteiger partial charge in [0.25, 0.3) is 11.8 Å². The van der Waals surface area contributed by atoms with E-state index in [0.717, 1.165) is 11.3 Å². The van der Waals surface area contributed by atoms with Gasteiger partial charge in [0.05, 0.1) is 11.4 Å². The minimum absolute atomic E-state index is 0.0238. The Hall–Kier alpha value is -2.46. The highest BCUT2D eigenvalue weighted by Gasteiger charge is 2.29. The Balaban J connectivity index is 1.65. The molecule has 1 amide bonds. The standard InChI is InChI=1S/C14H12N4O2S/c15-8-11-13(17-5-4-16-11)20-10-3-6-18(9-10)14(19)12-2-1-7-21-12/h1-2,4-5,7,10H,3,6,9H2/t10-/m1/s1. The maximum absolute atomic E-state index is 12.2. The Morgan fingerprint density at radius 1 is 1.48 bits per heavy atom. The second kappa shape index (κ2) is 5.89. The van der Waals surface area contributed by atoms with Crippen molar-refractivity contribution in [2.24, 2.45) is 0 Å². The first-order valence-electron chi connectivity index (χ1n) is 6.48. The first kappa shape index (κ1) is 13.5. The normalized spacial score (nSPS) is 17.5. The Kier molecular flexibility index (Phi) is 3.79. The zero-order valence-corrected chi connectivity index (χ0v) is 11.9. The number of aromatic nitrogens is 2. The second-order valence-electron chi connectivity index (χ2n) is 4.58. The number of hydrogen-bond donors (Lipinski definition) is 0. The van der Waals surface area contributed by atoms with Crippen LogP contribution in [-0.2, 0) is 0 Å². The van der Waals surface area contributed by atoms with E-state index >= 15 is 0 Å². The molecule has 0 bridgehead atoms. The summed E-state index contributed by atoms with van der Waals surface area (Å²) in [4.78, 5) is 22.7. The topological polar surface area (TPSA) is 79.1 Å². The van der Waals surface area contributed by atoms with E-state index in [2.05, 4.69) is 9.97 Å². The molecule has 2 aromatic rings. The lowest BCUT2D eigenvalue weighted by atomic mass is 10.3. The molecule has 1 saturated heterocycles. The Morgan fingerprint density at radius 2 is 2.33 bits per heavy atom. The molecule has 0 aliphatic carbocycles. The maximum Gasteiger partial charge on any atom is 0.264 e. The molecule has 1 atom stereocenters. The number of likely N-dealkylation sites (tertiary alicyclic amines) is 1. The van der Waals surface area contributed by atoms with Crippen LogP contribution < -0.4 is 4.74 Å². The molecule has 1 aliphatic heterocycles. The van der Waals surface area contributed by atoms with E-state index in [-0.39, 0.29) is 23.6 Å². The summed E-state index contributed by atoms with van der Waals surface area (Å²) in [5.41, 5.74) is 0.167. The Labute approximate surface area is 125 Å². The minimum Gasteiger partial charge on any atom is -0.470 e. The zero-order chi connectivity index (χ0) is 14.7. The van der Waals surface area contributed by atoms with Crippen molar-refractivity contribution in [1.82, 2.24) is 14.9 Å². The fourth-order valence-electron chi connectivity index (χ4n) is 2.21. The number of hydrogen-bond acceptors (Lipinski definition) is 6. The molecule has 0 unspecified atom stereocenters. The van der Waals surface area contributed by atoms with Crippen molar-refractivity contribution in [1.29, 1.82) is 5.26 Å². The summed E-state index contributed by atoms with van der Waals surface area (Å²) in [5, 5.41) is 10.8. The summed E-state index contributed by atoms with van der Waals surface area (Å²) in [6.45, 7) is 1.14. The third-order valence-electron chi connectivity index (χ3n) is 3.21. The van der Waals surface area contributed by atoms with Crippen LogP contribution in [0.3, 0.4) is 0 Å². The lowest BCUT2D eigenvalue weighted by molar-refractivity contribution is 0.0776. The number of ether oxygens (including phenoxy) is 1. The maximum atomic E-state index is 12.2. The molecule has 21 heavy (non-hydrogen) atoms. The van der Waals surface area contributed by atoms with Gasteiger partial charge in [-0.25, -0.2) is 9.97 Å². The van der Waals surface area contributed by atoms with Crippen LogP contribution in [0.5, 0.6) is 5.88 Å². The number of carbonyl (C=O) groups is 1. The van der Waals surface area contributed by atoms with Gasteiger partial charge in [-0.15, -0.1) is 11.3 Å². The molecule has 0 aromatic carbocycles. The van der Waals surface area contributed by atoms with E-state index in [1.54, 1.807) is 4.90 Å². The Bertz CT molecular complexity index is 681. The predicted octanol–water partition coefficient (Wildman–Crippen LogP) is 1.70. The molecular weight excluding hydrogens is 288 g/mol. The molecule has 2 aromatic heterocycles. The van der Waals surface area contributed by atoms with E-state index in [4.69, 9.17) is 10.00 Å². The highest BCUT2D eigenvalue weighted by atomic mass is 32.1. The fourth-order valence-corrected chi connectivity index (χ4v) is 2.90. The van der Waals surface area contributed by atoms with E-state index in [1.807, 2.05) is 23.6 Å². The highest BCUT2D eigenvalue weighted by Crippen LogP contribution is 2.21. The summed E-state index contributed by atoms with van der Waals surface area (Å²) < 4.78 is 5.71. The van der Waals surface area contributed by atoms with Crippen LogP contribution >= 0.6 is 11.3 Å². The van der Waals surface area contributed by atoms with Crippen molar-refractivity contribution in [3.63, 3.8) is 0 Å². The summed E-state index contributed by atoms with van der Waals surface area (Å²) in [6.07, 6.45) is 3.50. The number of nitrogens with zero attached hydrogens (tertiary/aromatic N) is 4. The first-order valence-corrected chi connectivity index (χ1v) is 7.36. The SMILES string of the molecule is N#Cc1nccnc1O[C@@H]1CCN(C(=O)c2cccs2)C1. The monoisotopic (exact) mass is 300 g/mol. The molecule has 1 fully saturated rings. The summed E-state index contributed by atoms with van der Waals surface area (Å²) in [5.74, 6) is 0.256. The van der Waals surface area contributed by atoms with Crippen LogP contribution in [0.4, 0.5) is 0 Å². The number of thiophene rings is 1. The fraction of sp³-hybridized carbons (Fsp3) is 0.286. The Morgan fingerprint density at radius 3 is 3.10 bits per heavy atom. The van der Waals surface area contributed by atoms with Gasteiger partial charge in [0.2, 0.25) is 5.69 Å². The second-order valence-corrected chi connectivity index (χ2v) is 5.53. The number of carbonyl (C=O) groups excluding carboxylic acids is 1. The van der Waals surface area contributed by atoms with Crippen molar-refractivity contribution in [2.75, 3.05) is 13.1 Å². The van der Waals surface area contributed by atoms with Crippen molar-refractivity contribution in [3.05, 3.63) is 40.5 Å². The molecule has 0 N–H and O–H groups in total. The molecule has 7 heteroatoms. The van der Waals surface area contributed by atoms with Crippen LogP contribution in [0.2, 0.25) is 0 Å². The summed E-state index contributed by atoms with van der Waals surface area (Å²) in [6, 6.07) is 5.63. The smallest absolute Gasteiger partial charge is 0.264 e. The van der Waals surface area contributed by atoms with E-state index in [9.17, 15) is 4.79 Å². The third kappa shape index (κ3) is 2.85. The average Bonchev–Trinajstić information content (AvgIpc) is 3.19. The average molecular weight is 300 g/mol. The van der Waals surface area contributed by atoms with Gasteiger partial charge in [0.15, 0.2) is 0 Å². The minimum atomic E-state index is -0.155. The molecule has 3 heterocycles. The molecule has 106 valence electrons. The molecule has 3 rings (SSSR count). The number of amides is 1.